The maximum absolute atomic E-state index is 14.8. The first-order valence-electron chi connectivity index (χ1n) is 29.3. The van der Waals surface area contributed by atoms with Gasteiger partial charge < -0.3 is 66.8 Å². The molecule has 12 atom stereocenters. The fourth-order valence-corrected chi connectivity index (χ4v) is 10.7. The highest BCUT2D eigenvalue weighted by molar-refractivity contribution is 5.98. The number of likely N-dealkylation sites (tertiary alicyclic amines) is 1. The Balaban J connectivity index is 1.71. The zero-order valence-corrected chi connectivity index (χ0v) is 52.2. The van der Waals surface area contributed by atoms with E-state index in [4.69, 9.17) is 25.8 Å². The number of methoxy groups -OCH3 is 2. The van der Waals surface area contributed by atoms with Gasteiger partial charge in [0.25, 0.3) is 0 Å². The van der Waals surface area contributed by atoms with Crippen molar-refractivity contribution in [2.45, 2.75) is 175 Å². The topological polar surface area (TPSA) is 345 Å². The molecule has 11 N–H and O–H groups in total. The molecule has 25 nitrogen and oxygen atoms in total. The number of nitrogens with one attached hydrogen (secondary N) is 6. The first-order valence-corrected chi connectivity index (χ1v) is 29.3. The highest BCUT2D eigenvalue weighted by Crippen LogP contribution is 2.30. The minimum absolute atomic E-state index is 0.0865. The molecule has 476 valence electrons. The van der Waals surface area contributed by atoms with Crippen molar-refractivity contribution in [2.24, 2.45) is 41.2 Å². The zero-order chi connectivity index (χ0) is 63.8. The number of carbonyl (C=O) groups is 9. The van der Waals surface area contributed by atoms with E-state index in [2.05, 4.69) is 36.7 Å². The van der Waals surface area contributed by atoms with Crippen molar-refractivity contribution in [1.82, 2.24) is 41.3 Å². The first-order chi connectivity index (χ1) is 40.1. The largest absolute Gasteiger partial charge is 0.445 e. The summed E-state index contributed by atoms with van der Waals surface area (Å²) in [5, 5.41) is 27.2. The van der Waals surface area contributed by atoms with E-state index < -0.39 is 127 Å². The fraction of sp³-hybridized carbons (Fsp3) is 0.650. The molecule has 0 bridgehead atoms. The molecule has 0 radical (unpaired) electrons. The number of benzene rings is 2. The van der Waals surface area contributed by atoms with Crippen LogP contribution in [-0.4, -0.2) is 176 Å². The van der Waals surface area contributed by atoms with Crippen molar-refractivity contribution in [3.8, 4) is 0 Å². The summed E-state index contributed by atoms with van der Waals surface area (Å²) in [5.41, 5.74) is 6.73. The van der Waals surface area contributed by atoms with Crippen molar-refractivity contribution >= 4 is 59.2 Å². The molecule has 3 rings (SSSR count). The molecule has 10 amide bonds. The SMILES string of the molecule is CC[C@@H](C)[C@@H]([C@@H](CC(=O)N1CCC[C@H]1[C@H](OC)[C@@H](C)C(=O)N[C@H](C)[C@@H](O)c1ccccc1)OC)N(C)C(=O)[C@@H](NC(=O)[C@H](C(C)C)N(C)C(=O)OCc1ccc(NC(=O)[C@H](CCCNC(N)=O)NC(=O)[C@@H](NC(=O)CON)C(C)C)cc1)C(C)C. The Morgan fingerprint density at radius 1 is 0.753 bits per heavy atom. The smallest absolute Gasteiger partial charge is 0.410 e. The van der Waals surface area contributed by atoms with Crippen LogP contribution in [0, 0.1) is 29.6 Å². The van der Waals surface area contributed by atoms with Crippen LogP contribution >= 0.6 is 0 Å². The summed E-state index contributed by atoms with van der Waals surface area (Å²) in [6.45, 7) is 17.8. The van der Waals surface area contributed by atoms with Crippen LogP contribution in [0.1, 0.15) is 125 Å². The van der Waals surface area contributed by atoms with E-state index in [0.717, 1.165) is 0 Å². The standard InChI is InChI=1S/C60H97N11O14/c1-15-37(8)51(45(82-13)31-47(73)71-30-20-24-44(71)53(83-14)38(9)54(75)64-39(10)52(74)41-21-17-16-18-22-41)69(11)58(79)49(35(4)5)68-57(78)50(36(6)7)70(12)60(81)84-32-40-25-27-42(28-26-40)65-55(76)43(23-19-29-63-59(61)80)66-56(77)48(34(2)3)67-46(72)33-85-62/h16-18,21-22,25-28,34-39,43-45,48-53,74H,15,19-20,23-24,29-33,62H2,1-14H3,(H,64,75)(H,65,76)(H,66,77)(H,67,72)(H,68,78)(H3,61,63,80)/t37-,38-,39-,43+,44+,45-,48+,49+,50+,51+,52-,53-/m1/s1. The summed E-state index contributed by atoms with van der Waals surface area (Å²) in [6, 6.07) is 8.77. The fourth-order valence-electron chi connectivity index (χ4n) is 10.7. The number of nitrogens with two attached hydrogens (primary N) is 2. The minimum Gasteiger partial charge on any atom is -0.445 e. The Kier molecular flexibility index (Phi) is 30.2. The number of aliphatic hydroxyl groups is 1. The number of hydrogen-bond acceptors (Lipinski definition) is 15. The quantitative estimate of drug-likeness (QED) is 0.0358. The average molecular weight is 1200 g/mol. The van der Waals surface area contributed by atoms with Gasteiger partial charge in [-0.2, -0.15) is 0 Å². The molecule has 1 aliphatic heterocycles. The lowest BCUT2D eigenvalue weighted by atomic mass is 9.89. The Bertz CT molecular complexity index is 2490. The van der Waals surface area contributed by atoms with E-state index in [0.29, 0.717) is 42.6 Å². The van der Waals surface area contributed by atoms with Gasteiger partial charge in [-0.05, 0) is 79.5 Å². The molecule has 0 saturated carbocycles. The molecule has 1 saturated heterocycles. The maximum Gasteiger partial charge on any atom is 0.410 e. The predicted octanol–water partition coefficient (Wildman–Crippen LogP) is 3.48. The third kappa shape index (κ3) is 21.5. The number of hydrogen-bond donors (Lipinski definition) is 9. The second-order valence-corrected chi connectivity index (χ2v) is 23.1. The molecule has 1 heterocycles. The van der Waals surface area contributed by atoms with Crippen LogP contribution in [0.5, 0.6) is 0 Å². The van der Waals surface area contributed by atoms with Crippen LogP contribution in [0.15, 0.2) is 54.6 Å². The Hall–Kier alpha value is -6.93. The first kappa shape index (κ1) is 72.3. The van der Waals surface area contributed by atoms with Crippen molar-refractivity contribution in [2.75, 3.05) is 53.3 Å². The summed E-state index contributed by atoms with van der Waals surface area (Å²) in [4.78, 5) is 130. The molecule has 2 aromatic carbocycles. The minimum atomic E-state index is -1.10. The Labute approximate surface area is 501 Å². The number of ether oxygens (including phenoxy) is 3. The van der Waals surface area contributed by atoms with Gasteiger partial charge in [0, 0.05) is 47.1 Å². The van der Waals surface area contributed by atoms with Gasteiger partial charge in [-0.1, -0.05) is 111 Å². The number of likely N-dealkylation sites (N-methyl/N-ethyl adjacent to an activating group) is 2. The molecular formula is C60H97N11O14. The maximum atomic E-state index is 14.8. The number of amides is 10. The number of anilines is 1. The van der Waals surface area contributed by atoms with Gasteiger partial charge in [-0.3, -0.25) is 43.3 Å². The molecule has 1 aliphatic rings. The molecule has 85 heavy (non-hydrogen) atoms. The lowest BCUT2D eigenvalue weighted by Crippen LogP contribution is -2.60. The lowest BCUT2D eigenvalue weighted by molar-refractivity contribution is -0.148. The second-order valence-electron chi connectivity index (χ2n) is 23.1. The second kappa shape index (κ2) is 35.5. The summed E-state index contributed by atoms with van der Waals surface area (Å²) in [6.07, 6.45) is -1.01. The third-order valence-electron chi connectivity index (χ3n) is 15.7. The molecule has 0 aromatic heterocycles. The molecule has 0 unspecified atom stereocenters. The normalized spacial score (nSPS) is 17.2. The number of nitrogens with zero attached hydrogens (tertiary/aromatic N) is 3. The van der Waals surface area contributed by atoms with Crippen LogP contribution in [0.4, 0.5) is 15.3 Å². The highest BCUT2D eigenvalue weighted by atomic mass is 16.6. The van der Waals surface area contributed by atoms with Gasteiger partial charge in [0.05, 0.1) is 48.8 Å². The van der Waals surface area contributed by atoms with Gasteiger partial charge in [0.2, 0.25) is 41.4 Å². The van der Waals surface area contributed by atoms with Crippen LogP contribution < -0.4 is 43.5 Å². The summed E-state index contributed by atoms with van der Waals surface area (Å²) < 4.78 is 17.7. The van der Waals surface area contributed by atoms with Crippen molar-refractivity contribution < 1.29 is 67.3 Å². The lowest BCUT2D eigenvalue weighted by Gasteiger charge is -2.41. The van der Waals surface area contributed by atoms with Crippen LogP contribution in [0.3, 0.4) is 0 Å². The molecule has 0 aliphatic carbocycles. The summed E-state index contributed by atoms with van der Waals surface area (Å²) in [5.74, 6) is -0.479. The number of carbonyl (C=O) groups excluding carboxylic acids is 9. The predicted molar refractivity (Wildman–Crippen MR) is 319 cm³/mol. The van der Waals surface area contributed by atoms with E-state index in [-0.39, 0.29) is 56.1 Å². The van der Waals surface area contributed by atoms with Crippen molar-refractivity contribution in [3.05, 3.63) is 65.7 Å². The molecule has 25 heteroatoms. The van der Waals surface area contributed by atoms with Crippen LogP contribution in [0.25, 0.3) is 0 Å². The molecule has 0 spiro atoms. The average Bonchev–Trinajstić information content (AvgIpc) is 4.23. The highest BCUT2D eigenvalue weighted by Gasteiger charge is 2.44. The number of urea groups is 1. The molecule has 1 fully saturated rings. The summed E-state index contributed by atoms with van der Waals surface area (Å²) >= 11 is 0. The van der Waals surface area contributed by atoms with E-state index in [1.807, 2.05) is 32.0 Å². The van der Waals surface area contributed by atoms with Gasteiger partial charge in [0.1, 0.15) is 37.4 Å². The van der Waals surface area contributed by atoms with Gasteiger partial charge in [-0.25, -0.2) is 15.5 Å². The number of rotatable bonds is 34. The van der Waals surface area contributed by atoms with Crippen LogP contribution in [-0.2, 0) is 59.2 Å². The van der Waals surface area contributed by atoms with Crippen molar-refractivity contribution in [3.63, 3.8) is 0 Å². The Morgan fingerprint density at radius 2 is 1.39 bits per heavy atom. The van der Waals surface area contributed by atoms with Crippen molar-refractivity contribution in [1.29, 1.82) is 0 Å². The summed E-state index contributed by atoms with van der Waals surface area (Å²) in [7, 11) is 6.08. The Morgan fingerprint density at radius 3 is 1.94 bits per heavy atom. The number of primary amides is 1. The van der Waals surface area contributed by atoms with Crippen LogP contribution in [0.2, 0.25) is 0 Å². The third-order valence-corrected chi connectivity index (χ3v) is 15.7. The zero-order valence-electron chi connectivity index (χ0n) is 52.2. The molecule has 2 aromatic rings. The van der Waals surface area contributed by atoms with E-state index >= 15 is 0 Å². The number of aliphatic hydroxyl groups excluding tert-OH is 1. The molecular weight excluding hydrogens is 1100 g/mol. The van der Waals surface area contributed by atoms with Gasteiger partial charge in [0.15, 0.2) is 0 Å². The van der Waals surface area contributed by atoms with Gasteiger partial charge >= 0.3 is 12.1 Å². The van der Waals surface area contributed by atoms with Gasteiger partial charge in [-0.15, -0.1) is 0 Å². The monoisotopic (exact) mass is 1200 g/mol. The van der Waals surface area contributed by atoms with E-state index in [1.54, 1.807) is 109 Å². The van der Waals surface area contributed by atoms with E-state index in [9.17, 15) is 48.3 Å². The van der Waals surface area contributed by atoms with E-state index in [1.165, 1.54) is 26.2 Å².